The second-order valence-electron chi connectivity index (χ2n) is 4.72. The van der Waals surface area contributed by atoms with Crippen LogP contribution < -0.4 is 0 Å². The summed E-state index contributed by atoms with van der Waals surface area (Å²) in [5.74, 6) is 0.962. The zero-order valence-electron chi connectivity index (χ0n) is 10.1. The Labute approximate surface area is 93.3 Å². The second kappa shape index (κ2) is 5.94. The Balaban J connectivity index is 2.38. The molecule has 15 heavy (non-hydrogen) atoms. The Morgan fingerprint density at radius 2 is 2.00 bits per heavy atom. The van der Waals surface area contributed by atoms with Gasteiger partial charge in [0.05, 0.1) is 0 Å². The van der Waals surface area contributed by atoms with Crippen LogP contribution in [-0.2, 0) is 4.79 Å². The molecule has 1 rings (SSSR count). The van der Waals surface area contributed by atoms with Crippen molar-refractivity contribution in [1.82, 2.24) is 4.90 Å². The van der Waals surface area contributed by atoms with E-state index in [2.05, 4.69) is 6.58 Å². The minimum Gasteiger partial charge on any atom is -0.339 e. The lowest BCUT2D eigenvalue weighted by atomic mass is 10.0. The molecule has 0 bridgehead atoms. The summed E-state index contributed by atoms with van der Waals surface area (Å²) in [6.45, 7) is 9.41. The minimum absolute atomic E-state index is 0.312. The number of likely N-dealkylation sites (N-methyl/N-ethyl adjacent to an activating group) is 1. The van der Waals surface area contributed by atoms with E-state index in [0.29, 0.717) is 11.8 Å². The summed E-state index contributed by atoms with van der Waals surface area (Å²) in [4.78, 5) is 13.9. The molecule has 1 aliphatic rings. The first-order valence-corrected chi connectivity index (χ1v) is 6.05. The first-order valence-electron chi connectivity index (χ1n) is 6.05. The number of carbonyl (C=O) groups is 1. The number of rotatable bonds is 5. The third-order valence-electron chi connectivity index (χ3n) is 3.13. The van der Waals surface area contributed by atoms with Crippen molar-refractivity contribution in [2.24, 2.45) is 5.92 Å². The number of hydrogen-bond donors (Lipinski definition) is 0. The van der Waals surface area contributed by atoms with Crippen LogP contribution in [0.2, 0.25) is 0 Å². The molecule has 1 saturated carbocycles. The van der Waals surface area contributed by atoms with E-state index in [0.717, 1.165) is 25.1 Å². The molecule has 0 saturated heterocycles. The van der Waals surface area contributed by atoms with Crippen LogP contribution in [-0.4, -0.2) is 23.9 Å². The van der Waals surface area contributed by atoms with Crippen LogP contribution in [0.5, 0.6) is 0 Å². The smallest absolute Gasteiger partial charge is 0.223 e. The average Bonchev–Trinajstić information content (AvgIpc) is 2.66. The molecule has 1 aliphatic carbocycles. The first-order chi connectivity index (χ1) is 7.13. The van der Waals surface area contributed by atoms with Crippen molar-refractivity contribution in [2.45, 2.75) is 46.0 Å². The maximum absolute atomic E-state index is 12.0. The highest BCUT2D eigenvalue weighted by molar-refractivity contribution is 5.76. The second-order valence-corrected chi connectivity index (χ2v) is 4.72. The highest BCUT2D eigenvalue weighted by Gasteiger charge is 2.21. The summed E-state index contributed by atoms with van der Waals surface area (Å²) < 4.78 is 0. The predicted molar refractivity (Wildman–Crippen MR) is 63.6 cm³/mol. The molecule has 0 aromatic carbocycles. The summed E-state index contributed by atoms with van der Waals surface area (Å²) in [5.41, 5.74) is 1.07. The first kappa shape index (κ1) is 12.3. The molecule has 0 aromatic rings. The van der Waals surface area contributed by atoms with Gasteiger partial charge in [0.1, 0.15) is 0 Å². The Hall–Kier alpha value is -0.790. The molecule has 1 fully saturated rings. The van der Waals surface area contributed by atoms with Crippen molar-refractivity contribution in [3.8, 4) is 0 Å². The summed E-state index contributed by atoms with van der Waals surface area (Å²) in [6.07, 6.45) is 5.86. The Morgan fingerprint density at radius 1 is 1.40 bits per heavy atom. The highest BCUT2D eigenvalue weighted by Crippen LogP contribution is 2.28. The maximum atomic E-state index is 12.0. The zero-order chi connectivity index (χ0) is 11.3. The van der Waals surface area contributed by atoms with E-state index in [4.69, 9.17) is 0 Å². The van der Waals surface area contributed by atoms with Gasteiger partial charge in [0.25, 0.3) is 0 Å². The summed E-state index contributed by atoms with van der Waals surface area (Å²) in [6, 6.07) is 0. The molecular formula is C13H23NO. The van der Waals surface area contributed by atoms with Gasteiger partial charge in [-0.2, -0.15) is 0 Å². The molecule has 2 heteroatoms. The van der Waals surface area contributed by atoms with Gasteiger partial charge < -0.3 is 4.90 Å². The van der Waals surface area contributed by atoms with Crippen LogP contribution >= 0.6 is 0 Å². The lowest BCUT2D eigenvalue weighted by Gasteiger charge is -2.22. The molecule has 86 valence electrons. The van der Waals surface area contributed by atoms with Gasteiger partial charge in [-0.15, -0.1) is 0 Å². The Bertz CT molecular complexity index is 229. The van der Waals surface area contributed by atoms with E-state index in [9.17, 15) is 4.79 Å². The molecule has 0 heterocycles. The van der Waals surface area contributed by atoms with Crippen molar-refractivity contribution in [2.75, 3.05) is 13.1 Å². The van der Waals surface area contributed by atoms with Gasteiger partial charge in [0.15, 0.2) is 0 Å². The molecule has 0 atom stereocenters. The highest BCUT2D eigenvalue weighted by atomic mass is 16.2. The molecule has 0 unspecified atom stereocenters. The van der Waals surface area contributed by atoms with Crippen LogP contribution in [0.4, 0.5) is 0 Å². The zero-order valence-corrected chi connectivity index (χ0v) is 10.1. The van der Waals surface area contributed by atoms with Crippen molar-refractivity contribution in [1.29, 1.82) is 0 Å². The monoisotopic (exact) mass is 209 g/mol. The van der Waals surface area contributed by atoms with E-state index >= 15 is 0 Å². The molecule has 0 spiro atoms. The largest absolute Gasteiger partial charge is 0.339 e. The van der Waals surface area contributed by atoms with Crippen molar-refractivity contribution >= 4 is 5.91 Å². The van der Waals surface area contributed by atoms with Crippen LogP contribution in [0.15, 0.2) is 12.2 Å². The van der Waals surface area contributed by atoms with Crippen LogP contribution in [0.25, 0.3) is 0 Å². The fraction of sp³-hybridized carbons (Fsp3) is 0.769. The van der Waals surface area contributed by atoms with E-state index in [1.165, 1.54) is 25.7 Å². The number of hydrogen-bond acceptors (Lipinski definition) is 1. The summed E-state index contributed by atoms with van der Waals surface area (Å²) >= 11 is 0. The molecule has 0 aliphatic heterocycles. The SMILES string of the molecule is C=C(C)CN(CC)C(=O)CC1CCCC1. The van der Waals surface area contributed by atoms with Crippen molar-refractivity contribution in [3.05, 3.63) is 12.2 Å². The van der Waals surface area contributed by atoms with E-state index < -0.39 is 0 Å². The Morgan fingerprint density at radius 3 is 2.47 bits per heavy atom. The lowest BCUT2D eigenvalue weighted by molar-refractivity contribution is -0.131. The van der Waals surface area contributed by atoms with Gasteiger partial charge in [-0.1, -0.05) is 25.0 Å². The molecular weight excluding hydrogens is 186 g/mol. The van der Waals surface area contributed by atoms with Crippen molar-refractivity contribution in [3.63, 3.8) is 0 Å². The molecule has 1 amide bonds. The number of amides is 1. The van der Waals surface area contributed by atoms with Gasteiger partial charge >= 0.3 is 0 Å². The normalized spacial score (nSPS) is 16.7. The molecule has 0 radical (unpaired) electrons. The van der Waals surface area contributed by atoms with E-state index in [-0.39, 0.29) is 0 Å². The molecule has 0 N–H and O–H groups in total. The van der Waals surface area contributed by atoms with E-state index in [1.807, 2.05) is 18.7 Å². The minimum atomic E-state index is 0.312. The van der Waals surface area contributed by atoms with Gasteiger partial charge in [-0.3, -0.25) is 4.79 Å². The van der Waals surface area contributed by atoms with Crippen molar-refractivity contribution < 1.29 is 4.79 Å². The van der Waals surface area contributed by atoms with E-state index in [1.54, 1.807) is 0 Å². The Kier molecular flexibility index (Phi) is 4.86. The quantitative estimate of drug-likeness (QED) is 0.637. The fourth-order valence-electron chi connectivity index (χ4n) is 2.29. The number of carbonyl (C=O) groups excluding carboxylic acids is 1. The van der Waals surface area contributed by atoms with Gasteiger partial charge in [-0.25, -0.2) is 0 Å². The van der Waals surface area contributed by atoms with Crippen LogP contribution in [0, 0.1) is 5.92 Å². The third kappa shape index (κ3) is 4.06. The predicted octanol–water partition coefficient (Wildman–Crippen LogP) is 2.99. The third-order valence-corrected chi connectivity index (χ3v) is 3.13. The summed E-state index contributed by atoms with van der Waals surface area (Å²) in [7, 11) is 0. The maximum Gasteiger partial charge on any atom is 0.223 e. The van der Waals surface area contributed by atoms with Gasteiger partial charge in [0, 0.05) is 19.5 Å². The standard InChI is InChI=1S/C13H23NO/c1-4-14(10-11(2)3)13(15)9-12-7-5-6-8-12/h12H,2,4-10H2,1,3H3. The topological polar surface area (TPSA) is 20.3 Å². The summed E-state index contributed by atoms with van der Waals surface area (Å²) in [5, 5.41) is 0. The van der Waals surface area contributed by atoms with Crippen LogP contribution in [0.3, 0.4) is 0 Å². The number of nitrogens with zero attached hydrogens (tertiary/aromatic N) is 1. The lowest BCUT2D eigenvalue weighted by Crippen LogP contribution is -2.33. The van der Waals surface area contributed by atoms with Gasteiger partial charge in [-0.05, 0) is 32.6 Å². The fourth-order valence-corrected chi connectivity index (χ4v) is 2.29. The molecule has 0 aromatic heterocycles. The van der Waals surface area contributed by atoms with Gasteiger partial charge in [0.2, 0.25) is 5.91 Å². The average molecular weight is 209 g/mol. The molecule has 2 nitrogen and oxygen atoms in total. The van der Waals surface area contributed by atoms with Crippen LogP contribution in [0.1, 0.15) is 46.0 Å².